The van der Waals surface area contributed by atoms with Gasteiger partial charge in [-0.25, -0.2) is 5.01 Å². The molecule has 2 aliphatic heterocycles. The third kappa shape index (κ3) is 2.97. The zero-order chi connectivity index (χ0) is 17.4. The van der Waals surface area contributed by atoms with Crippen LogP contribution in [0.5, 0.6) is 0 Å². The number of rotatable bonds is 2. The van der Waals surface area contributed by atoms with E-state index in [1.807, 2.05) is 45.9 Å². The first-order valence-corrected chi connectivity index (χ1v) is 7.85. The molecule has 7 nitrogen and oxygen atoms in total. The molecule has 1 fully saturated rings. The minimum absolute atomic E-state index is 0.0682. The first-order valence-electron chi connectivity index (χ1n) is 7.85. The second kappa shape index (κ2) is 5.99. The van der Waals surface area contributed by atoms with E-state index in [2.05, 4.69) is 21.1 Å². The number of hydrazine groups is 1. The summed E-state index contributed by atoms with van der Waals surface area (Å²) in [4.78, 5) is 29.0. The van der Waals surface area contributed by atoms with Crippen molar-refractivity contribution in [2.24, 2.45) is 4.99 Å². The third-order valence-electron chi connectivity index (χ3n) is 4.04. The number of hydrogen-bond acceptors (Lipinski definition) is 5. The van der Waals surface area contributed by atoms with Crippen molar-refractivity contribution in [2.75, 3.05) is 5.32 Å². The molecular weight excluding hydrogens is 306 g/mol. The van der Waals surface area contributed by atoms with E-state index in [0.29, 0.717) is 11.8 Å². The van der Waals surface area contributed by atoms with Gasteiger partial charge in [0.25, 0.3) is 0 Å². The first kappa shape index (κ1) is 16.0. The van der Waals surface area contributed by atoms with E-state index in [1.54, 1.807) is 5.01 Å². The molecule has 0 radical (unpaired) electrons. The van der Waals surface area contributed by atoms with Crippen molar-refractivity contribution in [3.63, 3.8) is 0 Å². The van der Waals surface area contributed by atoms with Crippen molar-refractivity contribution < 1.29 is 9.59 Å². The highest BCUT2D eigenvalue weighted by atomic mass is 16.2. The van der Waals surface area contributed by atoms with Crippen LogP contribution in [0.2, 0.25) is 0 Å². The number of hydrogen-bond donors (Lipinski definition) is 3. The topological polar surface area (TPSA) is 85.8 Å². The highest BCUT2D eigenvalue weighted by Crippen LogP contribution is 2.21. The summed E-state index contributed by atoms with van der Waals surface area (Å²) in [6, 6.07) is 5.21. The van der Waals surface area contributed by atoms with Crippen LogP contribution in [0.15, 0.2) is 34.6 Å². The fraction of sp³-hybridized carbons (Fsp3) is 0.353. The van der Waals surface area contributed by atoms with Gasteiger partial charge < -0.3 is 5.32 Å². The molecular formula is C17H21N5O2. The number of nitrogens with zero attached hydrogens (tertiary/aromatic N) is 2. The third-order valence-corrected chi connectivity index (χ3v) is 4.04. The van der Waals surface area contributed by atoms with Crippen molar-refractivity contribution >= 4 is 23.5 Å². The summed E-state index contributed by atoms with van der Waals surface area (Å²) in [6.07, 6.45) is 0.0682. The van der Waals surface area contributed by atoms with Crippen molar-refractivity contribution in [3.05, 3.63) is 40.7 Å². The highest BCUT2D eigenvalue weighted by Gasteiger charge is 2.39. The summed E-state index contributed by atoms with van der Waals surface area (Å²) >= 11 is 0. The predicted octanol–water partition coefficient (Wildman–Crippen LogP) is 1.56. The lowest BCUT2D eigenvalue weighted by atomic mass is 10.1. The number of carbonyl (C=O) groups excluding carboxylic acids is 2. The van der Waals surface area contributed by atoms with Gasteiger partial charge in [-0.05, 0) is 50.5 Å². The fourth-order valence-electron chi connectivity index (χ4n) is 2.63. The van der Waals surface area contributed by atoms with Crippen LogP contribution in [-0.2, 0) is 9.59 Å². The van der Waals surface area contributed by atoms with Crippen LogP contribution in [-0.4, -0.2) is 28.8 Å². The lowest BCUT2D eigenvalue weighted by Crippen LogP contribution is -2.61. The summed E-state index contributed by atoms with van der Waals surface area (Å²) in [5.74, 6) is 0.553. The maximum absolute atomic E-state index is 12.8. The van der Waals surface area contributed by atoms with E-state index in [-0.39, 0.29) is 18.2 Å². The summed E-state index contributed by atoms with van der Waals surface area (Å²) in [6.45, 7) is 7.73. The van der Waals surface area contributed by atoms with Crippen LogP contribution in [0.25, 0.3) is 0 Å². The van der Waals surface area contributed by atoms with Gasteiger partial charge in [-0.3, -0.25) is 20.3 Å². The molecule has 126 valence electrons. The molecule has 2 heterocycles. The van der Waals surface area contributed by atoms with Gasteiger partial charge in [0.05, 0.1) is 6.42 Å². The Morgan fingerprint density at radius 3 is 2.79 bits per heavy atom. The SMILES string of the molecule is CC(C)=C1N=C2NC(=O)C[C@@H](C(=O)Nc3cc(C)ccc3C)N2N1. The van der Waals surface area contributed by atoms with Crippen LogP contribution in [0, 0.1) is 13.8 Å². The fourth-order valence-corrected chi connectivity index (χ4v) is 2.63. The molecule has 24 heavy (non-hydrogen) atoms. The van der Waals surface area contributed by atoms with Gasteiger partial charge in [-0.2, -0.15) is 4.99 Å². The quantitative estimate of drug-likeness (QED) is 0.769. The Balaban J connectivity index is 1.84. The molecule has 7 heteroatoms. The Labute approximate surface area is 140 Å². The lowest BCUT2D eigenvalue weighted by Gasteiger charge is -2.32. The van der Waals surface area contributed by atoms with Gasteiger partial charge in [0.15, 0.2) is 0 Å². The number of aliphatic imine (C=N–C) groups is 1. The van der Waals surface area contributed by atoms with Gasteiger partial charge in [-0.1, -0.05) is 12.1 Å². The van der Waals surface area contributed by atoms with Gasteiger partial charge in [-0.15, -0.1) is 0 Å². The molecule has 3 rings (SSSR count). The van der Waals surface area contributed by atoms with E-state index in [4.69, 9.17) is 0 Å². The standard InChI is InChI=1S/C17H21N5O2/c1-9(2)15-20-17-19-14(23)8-13(22(17)21-15)16(24)18-12-7-10(3)5-6-11(12)4/h5-7,13,21H,8H2,1-4H3,(H,18,24)(H,19,20,23)/t13-/m0/s1. The number of allylic oxidation sites excluding steroid dienone is 1. The molecule has 1 aromatic rings. The van der Waals surface area contributed by atoms with E-state index >= 15 is 0 Å². The number of anilines is 1. The van der Waals surface area contributed by atoms with Gasteiger partial charge in [0, 0.05) is 5.69 Å². The summed E-state index contributed by atoms with van der Waals surface area (Å²) in [5.41, 5.74) is 6.85. The number of aryl methyl sites for hydroxylation is 2. The molecule has 0 unspecified atom stereocenters. The average Bonchev–Trinajstić information content (AvgIpc) is 2.94. The van der Waals surface area contributed by atoms with Crippen molar-refractivity contribution in [1.82, 2.24) is 15.8 Å². The van der Waals surface area contributed by atoms with Crippen molar-refractivity contribution in [1.29, 1.82) is 0 Å². The van der Waals surface area contributed by atoms with E-state index in [9.17, 15) is 9.59 Å². The Hall–Kier alpha value is -2.83. The lowest BCUT2D eigenvalue weighted by molar-refractivity contribution is -0.129. The minimum atomic E-state index is -0.658. The van der Waals surface area contributed by atoms with E-state index in [0.717, 1.165) is 22.4 Å². The minimum Gasteiger partial charge on any atom is -0.324 e. The van der Waals surface area contributed by atoms with Crippen LogP contribution in [0.1, 0.15) is 31.4 Å². The smallest absolute Gasteiger partial charge is 0.249 e. The van der Waals surface area contributed by atoms with Crippen LogP contribution >= 0.6 is 0 Å². The Morgan fingerprint density at radius 1 is 1.33 bits per heavy atom. The molecule has 2 aliphatic rings. The summed E-state index contributed by atoms with van der Waals surface area (Å²) < 4.78 is 0. The van der Waals surface area contributed by atoms with E-state index < -0.39 is 6.04 Å². The first-order chi connectivity index (χ1) is 11.3. The number of benzene rings is 1. The van der Waals surface area contributed by atoms with Crippen molar-refractivity contribution in [2.45, 2.75) is 40.2 Å². The zero-order valence-corrected chi connectivity index (χ0v) is 14.2. The van der Waals surface area contributed by atoms with Gasteiger partial charge in [0.1, 0.15) is 11.9 Å². The number of amides is 2. The van der Waals surface area contributed by atoms with Gasteiger partial charge >= 0.3 is 0 Å². The number of carbonyl (C=O) groups is 2. The number of nitrogens with one attached hydrogen (secondary N) is 3. The van der Waals surface area contributed by atoms with E-state index in [1.165, 1.54) is 0 Å². The second-order valence-corrected chi connectivity index (χ2v) is 6.34. The zero-order valence-electron chi connectivity index (χ0n) is 14.2. The molecule has 0 saturated carbocycles. The summed E-state index contributed by atoms with van der Waals surface area (Å²) in [7, 11) is 0. The molecule has 2 amide bonds. The second-order valence-electron chi connectivity index (χ2n) is 6.34. The highest BCUT2D eigenvalue weighted by molar-refractivity contribution is 6.07. The van der Waals surface area contributed by atoms with Crippen LogP contribution < -0.4 is 16.1 Å². The molecule has 3 N–H and O–H groups in total. The predicted molar refractivity (Wildman–Crippen MR) is 91.9 cm³/mol. The molecule has 1 aromatic carbocycles. The monoisotopic (exact) mass is 327 g/mol. The molecule has 0 bridgehead atoms. The molecule has 0 aliphatic carbocycles. The maximum atomic E-state index is 12.8. The molecule has 1 atom stereocenters. The van der Waals surface area contributed by atoms with Crippen LogP contribution in [0.3, 0.4) is 0 Å². The summed E-state index contributed by atoms with van der Waals surface area (Å²) in [5, 5.41) is 7.23. The number of fused-ring (bicyclic) bond motifs is 1. The largest absolute Gasteiger partial charge is 0.324 e. The normalized spacial score (nSPS) is 19.2. The van der Waals surface area contributed by atoms with Crippen molar-refractivity contribution in [3.8, 4) is 0 Å². The Morgan fingerprint density at radius 2 is 2.08 bits per heavy atom. The van der Waals surface area contributed by atoms with Crippen LogP contribution in [0.4, 0.5) is 5.69 Å². The Kier molecular flexibility index (Phi) is 4.01. The molecule has 1 saturated heterocycles. The average molecular weight is 327 g/mol. The molecule has 0 aromatic heterocycles. The van der Waals surface area contributed by atoms with Gasteiger partial charge in [0.2, 0.25) is 17.8 Å². The number of guanidine groups is 1. The maximum Gasteiger partial charge on any atom is 0.249 e. The molecule has 0 spiro atoms. The Bertz CT molecular complexity index is 777.